The summed E-state index contributed by atoms with van der Waals surface area (Å²) in [6, 6.07) is 0.268. The molecule has 0 amide bonds. The van der Waals surface area contributed by atoms with Crippen LogP contribution in [0.5, 0.6) is 0 Å². The van der Waals surface area contributed by atoms with Crippen LogP contribution < -0.4 is 10.6 Å². The van der Waals surface area contributed by atoms with E-state index in [1.54, 1.807) is 7.11 Å². The van der Waals surface area contributed by atoms with Crippen molar-refractivity contribution in [1.82, 2.24) is 10.6 Å². The zero-order valence-corrected chi connectivity index (χ0v) is 12.8. The first-order valence-electron chi connectivity index (χ1n) is 7.15. The minimum absolute atomic E-state index is 0.268. The molecule has 1 aliphatic carbocycles. The number of hydrogen-bond acceptors (Lipinski definition) is 2. The first kappa shape index (κ1) is 15.7. The lowest BCUT2D eigenvalue weighted by Gasteiger charge is -2.27. The van der Waals surface area contributed by atoms with Gasteiger partial charge in [-0.1, -0.05) is 26.2 Å². The lowest BCUT2D eigenvalue weighted by atomic mass is 9.81. The summed E-state index contributed by atoms with van der Waals surface area (Å²) in [6.45, 7) is 6.11. The fourth-order valence-corrected chi connectivity index (χ4v) is 3.08. The van der Waals surface area contributed by atoms with Gasteiger partial charge in [-0.25, -0.2) is 0 Å². The first-order chi connectivity index (χ1) is 8.61. The summed E-state index contributed by atoms with van der Waals surface area (Å²) < 4.78 is 5.07. The van der Waals surface area contributed by atoms with Crippen molar-refractivity contribution in [3.05, 3.63) is 0 Å². The van der Waals surface area contributed by atoms with Gasteiger partial charge in [0.1, 0.15) is 0 Å². The summed E-state index contributed by atoms with van der Waals surface area (Å²) in [4.78, 5) is 0. The van der Waals surface area contributed by atoms with Crippen LogP contribution in [0.4, 0.5) is 0 Å². The third kappa shape index (κ3) is 6.55. The van der Waals surface area contributed by atoms with E-state index in [0.717, 1.165) is 23.5 Å². The molecule has 0 aromatic heterocycles. The van der Waals surface area contributed by atoms with Gasteiger partial charge in [0.15, 0.2) is 5.11 Å². The Bertz CT molecular complexity index is 248. The van der Waals surface area contributed by atoms with Crippen molar-refractivity contribution in [2.75, 3.05) is 20.3 Å². The van der Waals surface area contributed by atoms with Crippen LogP contribution in [-0.2, 0) is 4.74 Å². The Morgan fingerprint density at radius 1 is 1.44 bits per heavy atom. The number of methoxy groups -OCH3 is 1. The van der Waals surface area contributed by atoms with Crippen molar-refractivity contribution >= 4 is 17.3 Å². The number of thiocarbonyl (C=S) groups is 1. The van der Waals surface area contributed by atoms with Crippen LogP contribution in [0.3, 0.4) is 0 Å². The third-order valence-electron chi connectivity index (χ3n) is 3.68. The number of rotatable bonds is 6. The summed E-state index contributed by atoms with van der Waals surface area (Å²) in [5.41, 5.74) is 0. The Labute approximate surface area is 117 Å². The quantitative estimate of drug-likeness (QED) is 0.728. The van der Waals surface area contributed by atoms with Gasteiger partial charge in [0.05, 0.1) is 6.61 Å². The monoisotopic (exact) mass is 272 g/mol. The van der Waals surface area contributed by atoms with Crippen molar-refractivity contribution in [2.45, 2.75) is 52.0 Å². The highest BCUT2D eigenvalue weighted by Gasteiger charge is 2.18. The smallest absolute Gasteiger partial charge is 0.166 e. The highest BCUT2D eigenvalue weighted by atomic mass is 32.1. The van der Waals surface area contributed by atoms with E-state index in [1.165, 1.54) is 32.1 Å². The zero-order chi connectivity index (χ0) is 13.4. The first-order valence-corrected chi connectivity index (χ1v) is 7.56. The molecule has 18 heavy (non-hydrogen) atoms. The van der Waals surface area contributed by atoms with Crippen LogP contribution in [0.25, 0.3) is 0 Å². The fourth-order valence-electron chi connectivity index (χ4n) is 2.78. The molecule has 3 unspecified atom stereocenters. The second-order valence-electron chi connectivity index (χ2n) is 5.68. The standard InChI is InChI=1S/C14H28N2OS/c1-11-5-4-6-13(9-11)7-8-15-14(18)16-12(2)10-17-3/h11-13H,4-10H2,1-3H3,(H2,15,16,18). The fraction of sp³-hybridized carbons (Fsp3) is 0.929. The summed E-state index contributed by atoms with van der Waals surface area (Å²) in [5.74, 6) is 1.80. The van der Waals surface area contributed by atoms with E-state index in [0.29, 0.717) is 6.61 Å². The van der Waals surface area contributed by atoms with Gasteiger partial charge < -0.3 is 15.4 Å². The summed E-state index contributed by atoms with van der Waals surface area (Å²) in [6.07, 6.45) is 6.84. The molecular formula is C14H28N2OS. The molecule has 0 saturated heterocycles. The van der Waals surface area contributed by atoms with E-state index < -0.39 is 0 Å². The van der Waals surface area contributed by atoms with Crippen molar-refractivity contribution < 1.29 is 4.74 Å². The lowest BCUT2D eigenvalue weighted by Crippen LogP contribution is -2.43. The van der Waals surface area contributed by atoms with Gasteiger partial charge >= 0.3 is 0 Å². The van der Waals surface area contributed by atoms with Crippen LogP contribution in [0, 0.1) is 11.8 Å². The van der Waals surface area contributed by atoms with E-state index >= 15 is 0 Å². The molecule has 1 rings (SSSR count). The van der Waals surface area contributed by atoms with Crippen molar-refractivity contribution in [1.29, 1.82) is 0 Å². The number of hydrogen-bond donors (Lipinski definition) is 2. The highest BCUT2D eigenvalue weighted by Crippen LogP contribution is 2.30. The molecule has 1 saturated carbocycles. The third-order valence-corrected chi connectivity index (χ3v) is 3.94. The molecule has 3 atom stereocenters. The molecule has 2 N–H and O–H groups in total. The van der Waals surface area contributed by atoms with E-state index in [-0.39, 0.29) is 6.04 Å². The average molecular weight is 272 g/mol. The maximum absolute atomic E-state index is 5.26. The van der Waals surface area contributed by atoms with Gasteiger partial charge in [0.25, 0.3) is 0 Å². The summed E-state index contributed by atoms with van der Waals surface area (Å²) in [7, 11) is 1.71. The van der Waals surface area contributed by atoms with Crippen LogP contribution in [-0.4, -0.2) is 31.4 Å². The van der Waals surface area contributed by atoms with Crippen molar-refractivity contribution in [2.24, 2.45) is 11.8 Å². The van der Waals surface area contributed by atoms with E-state index in [9.17, 15) is 0 Å². The molecule has 0 aromatic rings. The van der Waals surface area contributed by atoms with E-state index in [4.69, 9.17) is 17.0 Å². The molecule has 0 aliphatic heterocycles. The predicted molar refractivity (Wildman–Crippen MR) is 80.8 cm³/mol. The maximum Gasteiger partial charge on any atom is 0.166 e. The van der Waals surface area contributed by atoms with Gasteiger partial charge in [-0.15, -0.1) is 0 Å². The Balaban J connectivity index is 2.07. The second kappa shape index (κ2) is 8.70. The molecule has 0 aromatic carbocycles. The van der Waals surface area contributed by atoms with Crippen molar-refractivity contribution in [3.8, 4) is 0 Å². The molecule has 1 fully saturated rings. The van der Waals surface area contributed by atoms with Crippen molar-refractivity contribution in [3.63, 3.8) is 0 Å². The SMILES string of the molecule is COCC(C)NC(=S)NCCC1CCCC(C)C1. The molecule has 4 heteroatoms. The molecule has 0 spiro atoms. The predicted octanol–water partition coefficient (Wildman–Crippen LogP) is 2.70. The van der Waals surface area contributed by atoms with Gasteiger partial charge in [-0.05, 0) is 43.8 Å². The Kier molecular flexibility index (Phi) is 7.59. The van der Waals surface area contributed by atoms with Gasteiger partial charge in [-0.3, -0.25) is 0 Å². The van der Waals surface area contributed by atoms with Crippen LogP contribution in [0.2, 0.25) is 0 Å². The summed E-state index contributed by atoms with van der Waals surface area (Å²) >= 11 is 5.26. The second-order valence-corrected chi connectivity index (χ2v) is 6.09. The average Bonchev–Trinajstić information content (AvgIpc) is 2.29. The van der Waals surface area contributed by atoms with Crippen LogP contribution >= 0.6 is 12.2 Å². The lowest BCUT2D eigenvalue weighted by molar-refractivity contribution is 0.179. The number of nitrogens with one attached hydrogen (secondary N) is 2. The minimum Gasteiger partial charge on any atom is -0.383 e. The van der Waals surface area contributed by atoms with Crippen LogP contribution in [0.1, 0.15) is 46.0 Å². The molecule has 106 valence electrons. The molecule has 0 radical (unpaired) electrons. The minimum atomic E-state index is 0.268. The molecule has 1 aliphatic rings. The van der Waals surface area contributed by atoms with E-state index in [2.05, 4.69) is 24.5 Å². The van der Waals surface area contributed by atoms with Gasteiger partial charge in [0.2, 0.25) is 0 Å². The van der Waals surface area contributed by atoms with Gasteiger partial charge in [0, 0.05) is 19.7 Å². The Morgan fingerprint density at radius 3 is 2.89 bits per heavy atom. The van der Waals surface area contributed by atoms with E-state index in [1.807, 2.05) is 0 Å². The number of ether oxygens (including phenoxy) is 1. The van der Waals surface area contributed by atoms with Crippen LogP contribution in [0.15, 0.2) is 0 Å². The largest absolute Gasteiger partial charge is 0.383 e. The topological polar surface area (TPSA) is 33.3 Å². The zero-order valence-electron chi connectivity index (χ0n) is 12.0. The summed E-state index contributed by atoms with van der Waals surface area (Å²) in [5, 5.41) is 7.27. The van der Waals surface area contributed by atoms with Gasteiger partial charge in [-0.2, -0.15) is 0 Å². The maximum atomic E-state index is 5.26. The highest BCUT2D eigenvalue weighted by molar-refractivity contribution is 7.80. The molecule has 0 bridgehead atoms. The Morgan fingerprint density at radius 2 is 2.22 bits per heavy atom. The molecule has 0 heterocycles. The molecular weight excluding hydrogens is 244 g/mol. The Hall–Kier alpha value is -0.350. The molecule has 3 nitrogen and oxygen atoms in total. The normalized spacial score (nSPS) is 25.5.